The smallest absolute Gasteiger partial charge is 0.257 e. The summed E-state index contributed by atoms with van der Waals surface area (Å²) in [4.78, 5) is 21.0. The third kappa shape index (κ3) is 3.89. The number of hydrogen-bond acceptors (Lipinski definition) is 6. The van der Waals surface area contributed by atoms with Gasteiger partial charge in [0.25, 0.3) is 5.91 Å². The third-order valence-electron chi connectivity index (χ3n) is 3.75. The van der Waals surface area contributed by atoms with Crippen LogP contribution in [0.2, 0.25) is 0 Å². The van der Waals surface area contributed by atoms with Crippen molar-refractivity contribution in [2.45, 2.75) is 4.58 Å². The molecule has 2 aromatic heterocycles. The van der Waals surface area contributed by atoms with Gasteiger partial charge >= 0.3 is 0 Å². The molecule has 25 heavy (non-hydrogen) atoms. The summed E-state index contributed by atoms with van der Waals surface area (Å²) in [5, 5.41) is 5.39. The zero-order valence-corrected chi connectivity index (χ0v) is 15.7. The quantitative estimate of drug-likeness (QED) is 0.690. The lowest BCUT2D eigenvalue weighted by atomic mass is 10.1. The number of pyridine rings is 1. The van der Waals surface area contributed by atoms with E-state index in [-0.39, 0.29) is 5.91 Å². The number of amides is 1. The van der Waals surface area contributed by atoms with Gasteiger partial charge in [-0.15, -0.1) is 34.9 Å². The Balaban J connectivity index is 1.44. The van der Waals surface area contributed by atoms with Crippen molar-refractivity contribution in [1.82, 2.24) is 9.97 Å². The van der Waals surface area contributed by atoms with E-state index in [0.29, 0.717) is 15.3 Å². The Morgan fingerprint density at radius 1 is 1.12 bits per heavy atom. The topological polar surface area (TPSA) is 54.9 Å². The maximum Gasteiger partial charge on any atom is 0.257 e. The fraction of sp³-hybridized carbons (Fsp3) is 0.167. The summed E-state index contributed by atoms with van der Waals surface area (Å²) in [6.45, 7) is 0. The maximum atomic E-state index is 12.4. The van der Waals surface area contributed by atoms with Gasteiger partial charge in [0.1, 0.15) is 0 Å². The molecule has 0 atom stereocenters. The first kappa shape index (κ1) is 16.6. The first-order chi connectivity index (χ1) is 12.3. The van der Waals surface area contributed by atoms with Gasteiger partial charge in [0.05, 0.1) is 10.3 Å². The molecule has 0 unspecified atom stereocenters. The number of nitrogens with one attached hydrogen (secondary N) is 1. The van der Waals surface area contributed by atoms with E-state index in [9.17, 15) is 4.79 Å². The lowest BCUT2D eigenvalue weighted by Gasteiger charge is -2.09. The predicted molar refractivity (Wildman–Crippen MR) is 107 cm³/mol. The number of thiazole rings is 1. The van der Waals surface area contributed by atoms with Crippen LogP contribution in [0.25, 0.3) is 11.3 Å². The molecule has 1 saturated heterocycles. The molecule has 0 saturated carbocycles. The maximum absolute atomic E-state index is 12.4. The molecule has 1 aliphatic rings. The molecule has 0 radical (unpaired) electrons. The number of rotatable bonds is 4. The van der Waals surface area contributed by atoms with Gasteiger partial charge in [0.2, 0.25) is 0 Å². The minimum absolute atomic E-state index is 0.134. The Hall–Kier alpha value is -1.83. The van der Waals surface area contributed by atoms with Gasteiger partial charge in [0.15, 0.2) is 5.13 Å². The van der Waals surface area contributed by atoms with Crippen LogP contribution in [0, 0.1) is 0 Å². The van der Waals surface area contributed by atoms with Crippen molar-refractivity contribution in [3.63, 3.8) is 0 Å². The van der Waals surface area contributed by atoms with Crippen molar-refractivity contribution in [3.05, 3.63) is 65.3 Å². The Labute approximate surface area is 158 Å². The van der Waals surface area contributed by atoms with Crippen LogP contribution in [0.3, 0.4) is 0 Å². The number of anilines is 1. The molecule has 4 rings (SSSR count). The predicted octanol–water partition coefficient (Wildman–Crippen LogP) is 4.94. The average molecular weight is 386 g/mol. The van der Waals surface area contributed by atoms with Crippen molar-refractivity contribution in [1.29, 1.82) is 0 Å². The van der Waals surface area contributed by atoms with Crippen LogP contribution in [0.15, 0.2) is 54.2 Å². The van der Waals surface area contributed by atoms with E-state index >= 15 is 0 Å². The van der Waals surface area contributed by atoms with Crippen molar-refractivity contribution in [2.75, 3.05) is 16.8 Å². The lowest BCUT2D eigenvalue weighted by Crippen LogP contribution is -2.11. The summed E-state index contributed by atoms with van der Waals surface area (Å²) < 4.78 is 0.498. The van der Waals surface area contributed by atoms with Crippen LogP contribution < -0.4 is 5.32 Å². The van der Waals surface area contributed by atoms with Gasteiger partial charge in [-0.1, -0.05) is 12.1 Å². The molecule has 3 aromatic rings. The molecule has 1 aromatic carbocycles. The molecule has 4 nitrogen and oxygen atoms in total. The van der Waals surface area contributed by atoms with E-state index in [1.807, 2.05) is 65.3 Å². The third-order valence-corrected chi connectivity index (χ3v) is 7.61. The first-order valence-corrected chi connectivity index (χ1v) is 10.8. The summed E-state index contributed by atoms with van der Waals surface area (Å²) in [6.07, 6.45) is 3.49. The Morgan fingerprint density at radius 2 is 1.92 bits per heavy atom. The highest BCUT2D eigenvalue weighted by Crippen LogP contribution is 2.45. The van der Waals surface area contributed by atoms with Gasteiger partial charge in [-0.25, -0.2) is 4.98 Å². The normalized spacial score (nSPS) is 14.6. The number of benzene rings is 1. The average Bonchev–Trinajstić information content (AvgIpc) is 3.35. The number of thioether (sulfide) groups is 2. The minimum Gasteiger partial charge on any atom is -0.298 e. The van der Waals surface area contributed by atoms with Gasteiger partial charge in [-0.3, -0.25) is 15.1 Å². The molecular formula is C18H15N3OS3. The number of nitrogens with zero attached hydrogens (tertiary/aromatic N) is 2. The first-order valence-electron chi connectivity index (χ1n) is 7.80. The van der Waals surface area contributed by atoms with Crippen LogP contribution >= 0.6 is 34.9 Å². The SMILES string of the molecule is O=C(Nc1nc(-c2cccnc2)cs1)c1ccc(C2SCCS2)cc1. The molecule has 0 aliphatic carbocycles. The number of hydrogen-bond donors (Lipinski definition) is 1. The summed E-state index contributed by atoms with van der Waals surface area (Å²) in [5.41, 5.74) is 3.68. The lowest BCUT2D eigenvalue weighted by molar-refractivity contribution is 0.102. The van der Waals surface area contributed by atoms with Crippen LogP contribution in [-0.2, 0) is 0 Å². The standard InChI is InChI=1S/C18H15N3OS3/c22-16(12-3-5-13(6-4-12)17-23-8-9-24-17)21-18-20-15(11-25-18)14-2-1-7-19-10-14/h1-7,10-11,17H,8-9H2,(H,20,21,22). The fourth-order valence-electron chi connectivity index (χ4n) is 2.49. The second-order valence-corrected chi connectivity index (χ2v) is 9.01. The number of aromatic nitrogens is 2. The summed E-state index contributed by atoms with van der Waals surface area (Å²) >= 11 is 5.34. The Bertz CT molecular complexity index is 859. The second-order valence-electron chi connectivity index (χ2n) is 5.43. The highest BCUT2D eigenvalue weighted by molar-refractivity contribution is 8.19. The van der Waals surface area contributed by atoms with E-state index < -0.39 is 0 Å². The van der Waals surface area contributed by atoms with E-state index in [0.717, 1.165) is 11.3 Å². The molecule has 0 spiro atoms. The van der Waals surface area contributed by atoms with Gasteiger partial charge < -0.3 is 0 Å². The molecular weight excluding hydrogens is 370 g/mol. The van der Waals surface area contributed by atoms with E-state index in [2.05, 4.69) is 15.3 Å². The molecule has 1 aliphatic heterocycles. The van der Waals surface area contributed by atoms with Crippen molar-refractivity contribution >= 4 is 45.9 Å². The van der Waals surface area contributed by atoms with E-state index in [1.165, 1.54) is 28.4 Å². The largest absolute Gasteiger partial charge is 0.298 e. The van der Waals surface area contributed by atoms with E-state index in [1.54, 1.807) is 12.4 Å². The van der Waals surface area contributed by atoms with Crippen molar-refractivity contribution in [2.24, 2.45) is 0 Å². The fourth-order valence-corrected chi connectivity index (χ4v) is 6.06. The molecule has 0 bridgehead atoms. The zero-order valence-electron chi connectivity index (χ0n) is 13.2. The van der Waals surface area contributed by atoms with Crippen LogP contribution in [0.5, 0.6) is 0 Å². The van der Waals surface area contributed by atoms with Gasteiger partial charge in [-0.2, -0.15) is 0 Å². The van der Waals surface area contributed by atoms with Crippen LogP contribution in [0.1, 0.15) is 20.5 Å². The van der Waals surface area contributed by atoms with Gasteiger partial charge in [0, 0.05) is 40.4 Å². The number of carbonyl (C=O) groups is 1. The number of carbonyl (C=O) groups excluding carboxylic acids is 1. The summed E-state index contributed by atoms with van der Waals surface area (Å²) in [5.74, 6) is 2.26. The highest BCUT2D eigenvalue weighted by Gasteiger charge is 2.18. The van der Waals surface area contributed by atoms with Gasteiger partial charge in [-0.05, 0) is 29.8 Å². The highest BCUT2D eigenvalue weighted by atomic mass is 32.2. The monoisotopic (exact) mass is 385 g/mol. The summed E-state index contributed by atoms with van der Waals surface area (Å²) in [6, 6.07) is 11.7. The molecule has 126 valence electrons. The second kappa shape index (κ2) is 7.59. The van der Waals surface area contributed by atoms with Crippen LogP contribution in [-0.4, -0.2) is 27.4 Å². The molecule has 7 heteroatoms. The van der Waals surface area contributed by atoms with Crippen LogP contribution in [0.4, 0.5) is 5.13 Å². The minimum atomic E-state index is -0.134. The van der Waals surface area contributed by atoms with Crippen molar-refractivity contribution < 1.29 is 4.79 Å². The molecule has 1 fully saturated rings. The Kier molecular flexibility index (Phi) is 5.05. The zero-order chi connectivity index (χ0) is 17.1. The molecule has 1 amide bonds. The summed E-state index contributed by atoms with van der Waals surface area (Å²) in [7, 11) is 0. The van der Waals surface area contributed by atoms with E-state index in [4.69, 9.17) is 0 Å². The molecule has 1 N–H and O–H groups in total. The molecule has 3 heterocycles. The Morgan fingerprint density at radius 3 is 2.64 bits per heavy atom. The van der Waals surface area contributed by atoms with Crippen molar-refractivity contribution in [3.8, 4) is 11.3 Å².